The molecule has 2 aromatic rings. The van der Waals surface area contributed by atoms with Crippen molar-refractivity contribution in [3.05, 3.63) is 34.6 Å². The van der Waals surface area contributed by atoms with Gasteiger partial charge in [-0.15, -0.1) is 0 Å². The first kappa shape index (κ1) is 18.6. The molecule has 1 N–H and O–H groups in total. The molecule has 0 saturated carbocycles. The summed E-state index contributed by atoms with van der Waals surface area (Å²) in [7, 11) is 0. The highest BCUT2D eigenvalue weighted by molar-refractivity contribution is 9.10. The van der Waals surface area contributed by atoms with Crippen molar-refractivity contribution in [2.24, 2.45) is 11.8 Å². The second-order valence-electron chi connectivity index (χ2n) is 6.49. The van der Waals surface area contributed by atoms with Gasteiger partial charge < -0.3 is 9.84 Å². The molecule has 0 fully saturated rings. The van der Waals surface area contributed by atoms with Crippen molar-refractivity contribution in [3.8, 4) is 11.4 Å². The van der Waals surface area contributed by atoms with Gasteiger partial charge in [-0.2, -0.15) is 4.98 Å². The van der Waals surface area contributed by atoms with Gasteiger partial charge in [0.25, 0.3) is 0 Å². The minimum Gasteiger partial charge on any atom is -0.344 e. The number of amides is 1. The quantitative estimate of drug-likeness (QED) is 0.736. The number of benzene rings is 1. The van der Waals surface area contributed by atoms with Crippen LogP contribution in [-0.4, -0.2) is 16.0 Å². The standard InChI is InChI=1S/C18H24BrN3O2/c1-5-12(4)16(20-15(23)10-11(2)3)18-21-17(22-24-18)13-6-8-14(19)9-7-13/h6-9,11-12,16H,5,10H2,1-4H3,(H,20,23)/t12-,16+/m1/s1. The summed E-state index contributed by atoms with van der Waals surface area (Å²) < 4.78 is 6.45. The van der Waals surface area contributed by atoms with Crippen LogP contribution < -0.4 is 5.32 Å². The molecule has 0 aliphatic heterocycles. The number of carbonyl (C=O) groups is 1. The summed E-state index contributed by atoms with van der Waals surface area (Å²) in [5.41, 5.74) is 0.879. The van der Waals surface area contributed by atoms with Gasteiger partial charge >= 0.3 is 0 Å². The van der Waals surface area contributed by atoms with E-state index in [4.69, 9.17) is 4.52 Å². The maximum atomic E-state index is 12.2. The van der Waals surface area contributed by atoms with E-state index in [0.29, 0.717) is 24.1 Å². The largest absolute Gasteiger partial charge is 0.344 e. The molecule has 0 bridgehead atoms. The van der Waals surface area contributed by atoms with Gasteiger partial charge in [0, 0.05) is 16.5 Å². The second-order valence-corrected chi connectivity index (χ2v) is 7.41. The Hall–Kier alpha value is -1.69. The maximum Gasteiger partial charge on any atom is 0.249 e. The van der Waals surface area contributed by atoms with E-state index in [1.165, 1.54) is 0 Å². The summed E-state index contributed by atoms with van der Waals surface area (Å²) in [6, 6.07) is 7.45. The van der Waals surface area contributed by atoms with Crippen molar-refractivity contribution in [3.63, 3.8) is 0 Å². The van der Waals surface area contributed by atoms with Crippen molar-refractivity contribution in [2.75, 3.05) is 0 Å². The molecule has 0 saturated heterocycles. The molecule has 6 heteroatoms. The van der Waals surface area contributed by atoms with Crippen LogP contribution in [0.15, 0.2) is 33.3 Å². The van der Waals surface area contributed by atoms with Crippen molar-refractivity contribution in [2.45, 2.75) is 46.6 Å². The van der Waals surface area contributed by atoms with Crippen LogP contribution in [0.1, 0.15) is 52.5 Å². The van der Waals surface area contributed by atoms with Gasteiger partial charge in [-0.25, -0.2) is 0 Å². The third-order valence-corrected chi connectivity index (χ3v) is 4.46. The average molecular weight is 394 g/mol. The van der Waals surface area contributed by atoms with E-state index in [0.717, 1.165) is 16.5 Å². The lowest BCUT2D eigenvalue weighted by atomic mass is 9.98. The minimum atomic E-state index is -0.266. The van der Waals surface area contributed by atoms with E-state index < -0.39 is 0 Å². The van der Waals surface area contributed by atoms with Gasteiger partial charge in [-0.3, -0.25) is 4.79 Å². The number of nitrogens with zero attached hydrogens (tertiary/aromatic N) is 2. The Morgan fingerprint density at radius 3 is 2.50 bits per heavy atom. The Balaban J connectivity index is 2.21. The molecule has 0 spiro atoms. The van der Waals surface area contributed by atoms with Gasteiger partial charge in [-0.05, 0) is 36.1 Å². The lowest BCUT2D eigenvalue weighted by Gasteiger charge is -2.21. The van der Waals surface area contributed by atoms with Crippen LogP contribution in [0.3, 0.4) is 0 Å². The number of hydrogen-bond donors (Lipinski definition) is 1. The summed E-state index contributed by atoms with van der Waals surface area (Å²) >= 11 is 3.41. The molecule has 0 radical (unpaired) electrons. The number of hydrogen-bond acceptors (Lipinski definition) is 4. The van der Waals surface area contributed by atoms with Crippen molar-refractivity contribution >= 4 is 21.8 Å². The zero-order chi connectivity index (χ0) is 17.7. The topological polar surface area (TPSA) is 68.0 Å². The van der Waals surface area contributed by atoms with Crippen LogP contribution in [0.4, 0.5) is 0 Å². The van der Waals surface area contributed by atoms with Gasteiger partial charge in [0.1, 0.15) is 6.04 Å². The molecule has 0 aliphatic rings. The van der Waals surface area contributed by atoms with Crippen molar-refractivity contribution in [1.82, 2.24) is 15.5 Å². The first-order chi connectivity index (χ1) is 11.4. The summed E-state index contributed by atoms with van der Waals surface area (Å²) in [4.78, 5) is 16.7. The van der Waals surface area contributed by atoms with E-state index >= 15 is 0 Å². The fraction of sp³-hybridized carbons (Fsp3) is 0.500. The molecule has 24 heavy (non-hydrogen) atoms. The fourth-order valence-electron chi connectivity index (χ4n) is 2.36. The van der Waals surface area contributed by atoms with Gasteiger partial charge in [-0.1, -0.05) is 55.2 Å². The maximum absolute atomic E-state index is 12.2. The Morgan fingerprint density at radius 2 is 1.92 bits per heavy atom. The summed E-state index contributed by atoms with van der Waals surface area (Å²) in [5, 5.41) is 7.12. The highest BCUT2D eigenvalue weighted by atomic mass is 79.9. The highest BCUT2D eigenvalue weighted by Gasteiger charge is 2.26. The monoisotopic (exact) mass is 393 g/mol. The lowest BCUT2D eigenvalue weighted by molar-refractivity contribution is -0.123. The Bertz CT molecular complexity index is 667. The number of rotatable bonds is 7. The summed E-state index contributed by atoms with van der Waals surface area (Å²) in [5.74, 6) is 1.52. The molecule has 0 unspecified atom stereocenters. The molecule has 1 amide bonds. The number of carbonyl (C=O) groups excluding carboxylic acids is 1. The van der Waals surface area contributed by atoms with Crippen LogP contribution in [-0.2, 0) is 4.79 Å². The zero-order valence-corrected chi connectivity index (χ0v) is 16.1. The van der Waals surface area contributed by atoms with Gasteiger partial charge in [0.15, 0.2) is 0 Å². The molecule has 2 rings (SSSR count). The molecule has 1 aromatic heterocycles. The second kappa shape index (κ2) is 8.42. The third-order valence-electron chi connectivity index (χ3n) is 3.93. The number of aromatic nitrogens is 2. The number of halogens is 1. The summed E-state index contributed by atoms with van der Waals surface area (Å²) in [6.45, 7) is 8.20. The van der Waals surface area contributed by atoms with E-state index in [-0.39, 0.29) is 17.9 Å². The van der Waals surface area contributed by atoms with Crippen LogP contribution in [0, 0.1) is 11.8 Å². The molecule has 1 heterocycles. The number of nitrogens with one attached hydrogen (secondary N) is 1. The van der Waals surface area contributed by atoms with Crippen molar-refractivity contribution in [1.29, 1.82) is 0 Å². The van der Waals surface area contributed by atoms with E-state index in [1.807, 2.05) is 38.1 Å². The Kier molecular flexibility index (Phi) is 6.54. The molecule has 2 atom stereocenters. The first-order valence-corrected chi connectivity index (χ1v) is 9.08. The molecular weight excluding hydrogens is 370 g/mol. The third kappa shape index (κ3) is 4.90. The Labute approximate surface area is 151 Å². The van der Waals surface area contributed by atoms with Crippen LogP contribution in [0.5, 0.6) is 0 Å². The first-order valence-electron chi connectivity index (χ1n) is 8.29. The fourth-order valence-corrected chi connectivity index (χ4v) is 2.63. The van der Waals surface area contributed by atoms with Crippen molar-refractivity contribution < 1.29 is 9.32 Å². The van der Waals surface area contributed by atoms with E-state index in [1.54, 1.807) is 0 Å². The predicted molar refractivity (Wildman–Crippen MR) is 97.2 cm³/mol. The average Bonchev–Trinajstić information content (AvgIpc) is 3.01. The van der Waals surface area contributed by atoms with E-state index in [2.05, 4.69) is 45.2 Å². The molecule has 1 aromatic carbocycles. The normalized spacial score (nSPS) is 13.8. The van der Waals surface area contributed by atoms with Gasteiger partial charge in [0.2, 0.25) is 17.6 Å². The van der Waals surface area contributed by atoms with Crippen LogP contribution in [0.25, 0.3) is 11.4 Å². The minimum absolute atomic E-state index is 0.0127. The van der Waals surface area contributed by atoms with Gasteiger partial charge in [0.05, 0.1) is 0 Å². The summed E-state index contributed by atoms with van der Waals surface area (Å²) in [6.07, 6.45) is 1.39. The molecule has 130 valence electrons. The Morgan fingerprint density at radius 1 is 1.25 bits per heavy atom. The smallest absolute Gasteiger partial charge is 0.249 e. The molecule has 0 aliphatic carbocycles. The van der Waals surface area contributed by atoms with E-state index in [9.17, 15) is 4.79 Å². The SMILES string of the molecule is CC[C@@H](C)[C@H](NC(=O)CC(C)C)c1nc(-c2ccc(Br)cc2)no1. The highest BCUT2D eigenvalue weighted by Crippen LogP contribution is 2.26. The van der Waals surface area contributed by atoms with Crippen LogP contribution >= 0.6 is 15.9 Å². The lowest BCUT2D eigenvalue weighted by Crippen LogP contribution is -2.33. The zero-order valence-electron chi connectivity index (χ0n) is 14.5. The van der Waals surface area contributed by atoms with Crippen LogP contribution in [0.2, 0.25) is 0 Å². The molecule has 5 nitrogen and oxygen atoms in total. The molecular formula is C18H24BrN3O2. The predicted octanol–water partition coefficient (Wildman–Crippen LogP) is 4.75.